The minimum absolute atomic E-state index is 0.185. The smallest absolute Gasteiger partial charge is 0.308 e. The van der Waals surface area contributed by atoms with E-state index in [-0.39, 0.29) is 12.3 Å². The van der Waals surface area contributed by atoms with E-state index in [9.17, 15) is 14.4 Å². The second-order valence-electron chi connectivity index (χ2n) is 5.71. The van der Waals surface area contributed by atoms with Gasteiger partial charge >= 0.3 is 5.97 Å². The predicted octanol–water partition coefficient (Wildman–Crippen LogP) is 1.46. The Morgan fingerprint density at radius 1 is 1.05 bits per heavy atom. The monoisotopic (exact) mass is 267 g/mol. The number of amides is 1. The van der Waals surface area contributed by atoms with E-state index in [1.54, 1.807) is 0 Å². The zero-order valence-corrected chi connectivity index (χ0v) is 11.1. The van der Waals surface area contributed by atoms with Crippen LogP contribution in [0.4, 0.5) is 0 Å². The molecule has 2 fully saturated rings. The fraction of sp³-hybridized carbons (Fsp3) is 0.786. The van der Waals surface area contributed by atoms with Crippen LogP contribution < -0.4 is 0 Å². The minimum Gasteiger partial charge on any atom is -0.481 e. The predicted molar refractivity (Wildman–Crippen MR) is 68.5 cm³/mol. The molecule has 0 unspecified atom stereocenters. The van der Waals surface area contributed by atoms with Crippen molar-refractivity contribution in [2.75, 3.05) is 13.1 Å². The van der Waals surface area contributed by atoms with Crippen molar-refractivity contribution in [2.45, 2.75) is 44.9 Å². The van der Waals surface area contributed by atoms with E-state index in [4.69, 9.17) is 5.11 Å². The standard InChI is InChI=1S/C14H21NO4/c16-12(8-10-4-1-2-5-10)13(17)15-7-3-6-11(9-15)14(18)19/h10-11H,1-9H2,(H,18,19)/t11-/m1/s1. The van der Waals surface area contributed by atoms with Crippen LogP contribution in [0.5, 0.6) is 0 Å². The number of rotatable bonds is 4. The minimum atomic E-state index is -0.874. The molecule has 19 heavy (non-hydrogen) atoms. The van der Waals surface area contributed by atoms with Crippen molar-refractivity contribution >= 4 is 17.7 Å². The molecule has 5 heteroatoms. The summed E-state index contributed by atoms with van der Waals surface area (Å²) in [4.78, 5) is 36.4. The van der Waals surface area contributed by atoms with E-state index in [1.165, 1.54) is 4.90 Å². The highest BCUT2D eigenvalue weighted by atomic mass is 16.4. The molecular formula is C14H21NO4. The zero-order valence-electron chi connectivity index (χ0n) is 11.1. The van der Waals surface area contributed by atoms with E-state index in [2.05, 4.69) is 0 Å². The van der Waals surface area contributed by atoms with Crippen LogP contribution in [0.1, 0.15) is 44.9 Å². The quantitative estimate of drug-likeness (QED) is 0.782. The molecule has 0 spiro atoms. The molecule has 1 saturated carbocycles. The summed E-state index contributed by atoms with van der Waals surface area (Å²) in [6, 6.07) is 0. The Balaban J connectivity index is 1.87. The first-order valence-electron chi connectivity index (χ1n) is 7.13. The molecule has 106 valence electrons. The topological polar surface area (TPSA) is 74.7 Å². The van der Waals surface area contributed by atoms with E-state index in [0.717, 1.165) is 25.7 Å². The number of carboxylic acid groups (broad SMARTS) is 1. The van der Waals surface area contributed by atoms with Gasteiger partial charge in [-0.05, 0) is 18.8 Å². The second-order valence-corrected chi connectivity index (χ2v) is 5.71. The first-order chi connectivity index (χ1) is 9.08. The molecule has 0 bridgehead atoms. The zero-order chi connectivity index (χ0) is 13.8. The molecule has 2 aliphatic rings. The van der Waals surface area contributed by atoms with E-state index in [1.807, 2.05) is 0 Å². The molecule has 1 N–H and O–H groups in total. The summed E-state index contributed by atoms with van der Waals surface area (Å²) >= 11 is 0. The van der Waals surface area contributed by atoms with Crippen molar-refractivity contribution in [3.05, 3.63) is 0 Å². The first-order valence-corrected chi connectivity index (χ1v) is 7.13. The first kappa shape index (κ1) is 14.0. The summed E-state index contributed by atoms with van der Waals surface area (Å²) in [6.07, 6.45) is 5.98. The van der Waals surface area contributed by atoms with Crippen molar-refractivity contribution < 1.29 is 19.5 Å². The van der Waals surface area contributed by atoms with Crippen molar-refractivity contribution in [3.8, 4) is 0 Å². The lowest BCUT2D eigenvalue weighted by atomic mass is 9.96. The number of carbonyl (C=O) groups is 3. The van der Waals surface area contributed by atoms with Crippen molar-refractivity contribution in [1.82, 2.24) is 4.90 Å². The second kappa shape index (κ2) is 6.17. The average Bonchev–Trinajstić information content (AvgIpc) is 2.90. The molecule has 1 heterocycles. The number of carboxylic acids is 1. The maximum atomic E-state index is 12.0. The van der Waals surface area contributed by atoms with Gasteiger partial charge in [0.1, 0.15) is 0 Å². The molecule has 1 amide bonds. The number of nitrogens with zero attached hydrogens (tertiary/aromatic N) is 1. The third kappa shape index (κ3) is 3.55. The summed E-state index contributed by atoms with van der Waals surface area (Å²) in [5, 5.41) is 8.98. The third-order valence-electron chi connectivity index (χ3n) is 4.25. The highest BCUT2D eigenvalue weighted by molar-refractivity contribution is 6.36. The normalized spacial score (nSPS) is 24.4. The summed E-state index contributed by atoms with van der Waals surface area (Å²) in [7, 11) is 0. The molecule has 1 aliphatic heterocycles. The Bertz CT molecular complexity index is 374. The Hall–Kier alpha value is -1.39. The Kier molecular flexibility index (Phi) is 4.56. The van der Waals surface area contributed by atoms with Crippen LogP contribution in [-0.2, 0) is 14.4 Å². The van der Waals surface area contributed by atoms with Gasteiger partial charge in [0.25, 0.3) is 5.91 Å². The van der Waals surface area contributed by atoms with Gasteiger partial charge in [0.05, 0.1) is 5.92 Å². The maximum absolute atomic E-state index is 12.0. The number of ketones is 1. The molecule has 0 radical (unpaired) electrons. The van der Waals surface area contributed by atoms with Crippen molar-refractivity contribution in [1.29, 1.82) is 0 Å². The van der Waals surface area contributed by atoms with Crippen LogP contribution in [-0.4, -0.2) is 40.8 Å². The van der Waals surface area contributed by atoms with Gasteiger partial charge in [-0.1, -0.05) is 25.7 Å². The van der Waals surface area contributed by atoms with Crippen molar-refractivity contribution in [2.24, 2.45) is 11.8 Å². The maximum Gasteiger partial charge on any atom is 0.308 e. The highest BCUT2D eigenvalue weighted by Crippen LogP contribution is 2.28. The van der Waals surface area contributed by atoms with Gasteiger partial charge in [-0.3, -0.25) is 14.4 Å². The van der Waals surface area contributed by atoms with E-state index in [0.29, 0.717) is 31.7 Å². The molecule has 1 aliphatic carbocycles. The molecule has 2 rings (SSSR count). The SMILES string of the molecule is O=C(CC1CCCC1)C(=O)N1CCC[C@@H](C(=O)O)C1. The Morgan fingerprint density at radius 2 is 1.74 bits per heavy atom. The average molecular weight is 267 g/mol. The number of aliphatic carboxylic acids is 1. The van der Waals surface area contributed by atoms with E-state index < -0.39 is 17.8 Å². The summed E-state index contributed by atoms with van der Waals surface area (Å²) in [6.45, 7) is 0.698. The van der Waals surface area contributed by atoms with Crippen molar-refractivity contribution in [3.63, 3.8) is 0 Å². The van der Waals surface area contributed by atoms with Gasteiger partial charge in [-0.2, -0.15) is 0 Å². The Morgan fingerprint density at radius 3 is 2.37 bits per heavy atom. The number of piperidine rings is 1. The number of hydrogen-bond donors (Lipinski definition) is 1. The van der Waals surface area contributed by atoms with Crippen LogP contribution >= 0.6 is 0 Å². The Labute approximate surface area is 113 Å². The van der Waals surface area contributed by atoms with Gasteiger partial charge in [0.15, 0.2) is 0 Å². The third-order valence-corrected chi connectivity index (χ3v) is 4.25. The molecule has 1 atom stereocenters. The molecule has 1 saturated heterocycles. The van der Waals surface area contributed by atoms with Gasteiger partial charge in [0, 0.05) is 19.5 Å². The van der Waals surface area contributed by atoms with Gasteiger partial charge < -0.3 is 10.0 Å². The van der Waals surface area contributed by atoms with Gasteiger partial charge in [0.2, 0.25) is 5.78 Å². The van der Waals surface area contributed by atoms with Crippen LogP contribution in [0.15, 0.2) is 0 Å². The lowest BCUT2D eigenvalue weighted by Crippen LogP contribution is -2.45. The molecule has 5 nitrogen and oxygen atoms in total. The lowest BCUT2D eigenvalue weighted by molar-refractivity contribution is -0.150. The molecular weight excluding hydrogens is 246 g/mol. The summed E-state index contributed by atoms with van der Waals surface area (Å²) in [5.41, 5.74) is 0. The number of hydrogen-bond acceptors (Lipinski definition) is 3. The van der Waals surface area contributed by atoms with Crippen LogP contribution in [0, 0.1) is 11.8 Å². The van der Waals surface area contributed by atoms with Crippen LogP contribution in [0.25, 0.3) is 0 Å². The largest absolute Gasteiger partial charge is 0.481 e. The lowest BCUT2D eigenvalue weighted by Gasteiger charge is -2.30. The van der Waals surface area contributed by atoms with Crippen LogP contribution in [0.2, 0.25) is 0 Å². The summed E-state index contributed by atoms with van der Waals surface area (Å²) in [5.74, 6) is -1.84. The van der Waals surface area contributed by atoms with Crippen LogP contribution in [0.3, 0.4) is 0 Å². The molecule has 0 aromatic carbocycles. The number of Topliss-reactive ketones (excluding diaryl/α,β-unsaturated/α-hetero) is 1. The van der Waals surface area contributed by atoms with Gasteiger partial charge in [-0.25, -0.2) is 0 Å². The van der Waals surface area contributed by atoms with E-state index >= 15 is 0 Å². The van der Waals surface area contributed by atoms with Gasteiger partial charge in [-0.15, -0.1) is 0 Å². The fourth-order valence-electron chi connectivity index (χ4n) is 3.10. The molecule has 0 aromatic rings. The fourth-order valence-corrected chi connectivity index (χ4v) is 3.10. The number of likely N-dealkylation sites (tertiary alicyclic amines) is 1. The molecule has 0 aromatic heterocycles. The highest BCUT2D eigenvalue weighted by Gasteiger charge is 2.32. The number of carbonyl (C=O) groups excluding carboxylic acids is 2. The summed E-state index contributed by atoms with van der Waals surface area (Å²) < 4.78 is 0.